The molecule has 0 radical (unpaired) electrons. The van der Waals surface area contributed by atoms with E-state index < -0.39 is 0 Å². The molecule has 1 saturated carbocycles. The number of benzene rings is 2. The predicted octanol–water partition coefficient (Wildman–Crippen LogP) is 4.15. The molecule has 1 fully saturated rings. The SMILES string of the molecule is Cc1cc2nc(N)c3cnn(C)c3c2cc1C(=O)N(C)C1COc2cc(C#Cc3cnn(C4CC4)c3)ccc21. The van der Waals surface area contributed by atoms with Gasteiger partial charge in [-0.1, -0.05) is 17.9 Å². The minimum absolute atomic E-state index is 0.0838. The molecule has 1 amide bonds. The Balaban J connectivity index is 1.17. The smallest absolute Gasteiger partial charge is 0.254 e. The molecule has 1 aliphatic heterocycles. The summed E-state index contributed by atoms with van der Waals surface area (Å²) in [6.07, 6.45) is 7.90. The van der Waals surface area contributed by atoms with E-state index in [1.807, 2.05) is 68.4 Å². The lowest BCUT2D eigenvalue weighted by molar-refractivity contribution is 0.0708. The molecular formula is C30H27N7O2. The quantitative estimate of drug-likeness (QED) is 0.361. The van der Waals surface area contributed by atoms with Crippen molar-refractivity contribution in [1.82, 2.24) is 29.4 Å². The van der Waals surface area contributed by atoms with Crippen LogP contribution in [-0.4, -0.2) is 49.0 Å². The molecule has 9 nitrogen and oxygen atoms in total. The third-order valence-corrected chi connectivity index (χ3v) is 7.71. The summed E-state index contributed by atoms with van der Waals surface area (Å²) >= 11 is 0. The molecule has 39 heavy (non-hydrogen) atoms. The van der Waals surface area contributed by atoms with Gasteiger partial charge in [0.25, 0.3) is 5.91 Å². The number of nitrogen functional groups attached to an aromatic ring is 1. The summed E-state index contributed by atoms with van der Waals surface area (Å²) in [5.74, 6) is 7.51. The van der Waals surface area contributed by atoms with Gasteiger partial charge in [0, 0.05) is 42.4 Å². The molecule has 0 saturated heterocycles. The second kappa shape index (κ2) is 8.60. The van der Waals surface area contributed by atoms with Crippen LogP contribution in [0.4, 0.5) is 5.82 Å². The van der Waals surface area contributed by atoms with E-state index in [0.29, 0.717) is 24.0 Å². The van der Waals surface area contributed by atoms with Gasteiger partial charge in [0.15, 0.2) is 0 Å². The third kappa shape index (κ3) is 3.87. The first kappa shape index (κ1) is 23.3. The number of carbonyl (C=O) groups excluding carboxylic acids is 1. The zero-order chi connectivity index (χ0) is 26.8. The molecule has 2 aromatic carbocycles. The van der Waals surface area contributed by atoms with Crippen LogP contribution in [0.25, 0.3) is 21.8 Å². The van der Waals surface area contributed by atoms with Crippen LogP contribution in [-0.2, 0) is 7.05 Å². The first-order valence-electron chi connectivity index (χ1n) is 13.0. The summed E-state index contributed by atoms with van der Waals surface area (Å²) in [4.78, 5) is 20.1. The Bertz CT molecular complexity index is 1870. The average molecular weight is 518 g/mol. The Kier molecular flexibility index (Phi) is 5.13. The Morgan fingerprint density at radius 1 is 1.10 bits per heavy atom. The van der Waals surface area contributed by atoms with E-state index in [2.05, 4.69) is 27.0 Å². The van der Waals surface area contributed by atoms with Gasteiger partial charge in [-0.2, -0.15) is 10.2 Å². The lowest BCUT2D eigenvalue weighted by Crippen LogP contribution is -2.32. The molecule has 2 aliphatic rings. The normalized spacial score (nSPS) is 16.1. The topological polar surface area (TPSA) is 104 Å². The van der Waals surface area contributed by atoms with Gasteiger partial charge in [-0.25, -0.2) is 4.98 Å². The Hall–Kier alpha value is -4.84. The van der Waals surface area contributed by atoms with Crippen LogP contribution in [0.3, 0.4) is 0 Å². The molecule has 9 heteroatoms. The summed E-state index contributed by atoms with van der Waals surface area (Å²) in [6, 6.07) is 10.1. The minimum atomic E-state index is -0.206. The zero-order valence-corrected chi connectivity index (χ0v) is 22.0. The fraction of sp³-hybridized carbons (Fsp3) is 0.267. The summed E-state index contributed by atoms with van der Waals surface area (Å²) in [6.45, 7) is 2.31. The van der Waals surface area contributed by atoms with Crippen LogP contribution in [0, 0.1) is 18.8 Å². The van der Waals surface area contributed by atoms with E-state index in [1.54, 1.807) is 15.8 Å². The van der Waals surface area contributed by atoms with E-state index in [-0.39, 0.29) is 11.9 Å². The number of likely N-dealkylation sites (N-methyl/N-ethyl adjacent to an activating group) is 1. The molecule has 7 rings (SSSR count). The number of pyridine rings is 1. The van der Waals surface area contributed by atoms with Crippen LogP contribution in [0.2, 0.25) is 0 Å². The Labute approximate surface area is 225 Å². The maximum atomic E-state index is 13.8. The average Bonchev–Trinajstić information content (AvgIpc) is 3.32. The predicted molar refractivity (Wildman–Crippen MR) is 148 cm³/mol. The number of aromatic nitrogens is 5. The number of carbonyl (C=O) groups is 1. The van der Waals surface area contributed by atoms with E-state index in [1.165, 1.54) is 12.8 Å². The minimum Gasteiger partial charge on any atom is -0.491 e. The lowest BCUT2D eigenvalue weighted by Gasteiger charge is -2.24. The van der Waals surface area contributed by atoms with Crippen LogP contribution in [0.1, 0.15) is 57.5 Å². The summed E-state index contributed by atoms with van der Waals surface area (Å²) < 4.78 is 9.78. The Morgan fingerprint density at radius 2 is 1.92 bits per heavy atom. The maximum Gasteiger partial charge on any atom is 0.254 e. The summed E-state index contributed by atoms with van der Waals surface area (Å²) in [5.41, 5.74) is 11.9. The fourth-order valence-corrected chi connectivity index (χ4v) is 5.35. The number of nitrogens with two attached hydrogens (primary N) is 1. The van der Waals surface area contributed by atoms with Gasteiger partial charge in [-0.3, -0.25) is 14.2 Å². The zero-order valence-electron chi connectivity index (χ0n) is 22.0. The van der Waals surface area contributed by atoms with Gasteiger partial charge < -0.3 is 15.4 Å². The maximum absolute atomic E-state index is 13.8. The standard InChI is InChI=1S/C30H27N7O2/c1-17-10-25-23(28-24(29(31)34-25)14-32-36(28)3)12-22(17)30(38)35(2)26-16-39-27-11-18(6-9-21(26)27)4-5-19-13-33-37(15-19)20-7-8-20/h6,9-15,20,26H,7-8,16H2,1-3H3,(H2,31,34). The molecule has 194 valence electrons. The largest absolute Gasteiger partial charge is 0.491 e. The van der Waals surface area contributed by atoms with Crippen LogP contribution in [0.5, 0.6) is 5.75 Å². The van der Waals surface area contributed by atoms with Crippen LogP contribution >= 0.6 is 0 Å². The monoisotopic (exact) mass is 517 g/mol. The highest BCUT2D eigenvalue weighted by Crippen LogP contribution is 2.38. The molecule has 1 atom stereocenters. The number of nitrogens with zero attached hydrogens (tertiary/aromatic N) is 6. The number of rotatable bonds is 3. The highest BCUT2D eigenvalue weighted by atomic mass is 16.5. The fourth-order valence-electron chi connectivity index (χ4n) is 5.35. The van der Waals surface area contributed by atoms with Crippen molar-refractivity contribution >= 4 is 33.5 Å². The Morgan fingerprint density at radius 3 is 2.74 bits per heavy atom. The number of aryl methyl sites for hydroxylation is 2. The van der Waals surface area contributed by atoms with Crippen LogP contribution < -0.4 is 10.5 Å². The summed E-state index contributed by atoms with van der Waals surface area (Å²) in [5, 5.41) is 10.4. The molecule has 5 aromatic rings. The van der Waals surface area contributed by atoms with E-state index in [0.717, 1.165) is 49.8 Å². The van der Waals surface area contributed by atoms with Gasteiger partial charge in [-0.15, -0.1) is 0 Å². The molecule has 0 spiro atoms. The molecule has 2 N–H and O–H groups in total. The van der Waals surface area contributed by atoms with E-state index >= 15 is 0 Å². The van der Waals surface area contributed by atoms with Gasteiger partial charge in [-0.05, 0) is 49.6 Å². The third-order valence-electron chi connectivity index (χ3n) is 7.71. The molecule has 1 aliphatic carbocycles. The first-order valence-corrected chi connectivity index (χ1v) is 13.0. The first-order chi connectivity index (χ1) is 18.9. The highest BCUT2D eigenvalue weighted by Gasteiger charge is 2.32. The number of hydrogen-bond acceptors (Lipinski definition) is 6. The highest BCUT2D eigenvalue weighted by molar-refractivity contribution is 6.10. The van der Waals surface area contributed by atoms with Gasteiger partial charge in [0.2, 0.25) is 0 Å². The van der Waals surface area contributed by atoms with E-state index in [4.69, 9.17) is 10.5 Å². The van der Waals surface area contributed by atoms with Crippen molar-refractivity contribution in [2.75, 3.05) is 19.4 Å². The molecule has 0 bridgehead atoms. The second-order valence-corrected chi connectivity index (χ2v) is 10.4. The summed E-state index contributed by atoms with van der Waals surface area (Å²) in [7, 11) is 3.68. The molecular weight excluding hydrogens is 490 g/mol. The number of amides is 1. The second-order valence-electron chi connectivity index (χ2n) is 10.4. The van der Waals surface area contributed by atoms with Crippen molar-refractivity contribution in [2.24, 2.45) is 7.05 Å². The van der Waals surface area contributed by atoms with Crippen molar-refractivity contribution in [1.29, 1.82) is 0 Å². The van der Waals surface area contributed by atoms with Gasteiger partial charge >= 0.3 is 0 Å². The van der Waals surface area contributed by atoms with Crippen molar-refractivity contribution < 1.29 is 9.53 Å². The van der Waals surface area contributed by atoms with Crippen molar-refractivity contribution in [3.63, 3.8) is 0 Å². The number of hydrogen-bond donors (Lipinski definition) is 1. The number of ether oxygens (including phenoxy) is 1. The molecule has 4 heterocycles. The van der Waals surface area contributed by atoms with Gasteiger partial charge in [0.05, 0.1) is 46.5 Å². The number of fused-ring (bicyclic) bond motifs is 4. The van der Waals surface area contributed by atoms with Gasteiger partial charge in [0.1, 0.15) is 18.2 Å². The van der Waals surface area contributed by atoms with Crippen molar-refractivity contribution in [3.05, 3.63) is 76.7 Å². The molecule has 1 unspecified atom stereocenters. The molecule has 3 aromatic heterocycles. The van der Waals surface area contributed by atoms with Crippen LogP contribution in [0.15, 0.2) is 48.9 Å². The van der Waals surface area contributed by atoms with Crippen molar-refractivity contribution in [3.8, 4) is 17.6 Å². The van der Waals surface area contributed by atoms with Crippen molar-refractivity contribution in [2.45, 2.75) is 31.8 Å². The number of anilines is 1. The lowest BCUT2D eigenvalue weighted by atomic mass is 10.0. The van der Waals surface area contributed by atoms with E-state index in [9.17, 15) is 4.79 Å².